The molecule has 0 saturated carbocycles. The maximum atomic E-state index is 14.3. The lowest BCUT2D eigenvalue weighted by molar-refractivity contribution is -0.119. The zero-order chi connectivity index (χ0) is 18.3. The number of aryl methyl sites for hydroxylation is 1. The van der Waals surface area contributed by atoms with E-state index in [9.17, 15) is 18.4 Å². The van der Waals surface area contributed by atoms with E-state index < -0.39 is 17.5 Å². The Morgan fingerprint density at radius 3 is 2.85 bits per heavy atom. The normalized spacial score (nSPS) is 13.7. The standard InChI is InChI=1S/C19H15F2N3O2/c20-13-8-12-4-3-7-24(18(12)15(21)9-13)17(25)10-23-11-22-16-6-2-1-5-14(16)19(23)26/h1-2,5-6,8-9,11H,3-4,7,10H2. The molecule has 0 bridgehead atoms. The Balaban J connectivity index is 1.69. The molecule has 5 nitrogen and oxygen atoms in total. The van der Waals surface area contributed by atoms with Crippen LogP contribution in [0.3, 0.4) is 0 Å². The number of halogens is 2. The number of fused-ring (bicyclic) bond motifs is 2. The summed E-state index contributed by atoms with van der Waals surface area (Å²) < 4.78 is 28.9. The minimum absolute atomic E-state index is 0.101. The van der Waals surface area contributed by atoms with Gasteiger partial charge in [-0.25, -0.2) is 13.8 Å². The molecule has 0 unspecified atom stereocenters. The molecule has 3 aromatic rings. The third kappa shape index (κ3) is 2.75. The lowest BCUT2D eigenvalue weighted by Gasteiger charge is -2.30. The van der Waals surface area contributed by atoms with Crippen molar-refractivity contribution in [3.8, 4) is 0 Å². The monoisotopic (exact) mass is 355 g/mol. The lowest BCUT2D eigenvalue weighted by Crippen LogP contribution is -2.40. The molecular weight excluding hydrogens is 340 g/mol. The second kappa shape index (κ2) is 6.33. The number of anilines is 1. The maximum Gasteiger partial charge on any atom is 0.261 e. The summed E-state index contributed by atoms with van der Waals surface area (Å²) in [5.41, 5.74) is 0.780. The van der Waals surface area contributed by atoms with Crippen LogP contribution < -0.4 is 10.5 Å². The topological polar surface area (TPSA) is 55.2 Å². The third-order valence-electron chi connectivity index (χ3n) is 4.54. The van der Waals surface area contributed by atoms with Gasteiger partial charge in [0.05, 0.1) is 22.9 Å². The van der Waals surface area contributed by atoms with E-state index in [1.54, 1.807) is 24.3 Å². The molecule has 1 aliphatic heterocycles. The van der Waals surface area contributed by atoms with Gasteiger partial charge in [-0.15, -0.1) is 0 Å². The molecular formula is C19H15F2N3O2. The van der Waals surface area contributed by atoms with E-state index in [2.05, 4.69) is 4.98 Å². The van der Waals surface area contributed by atoms with Crippen LogP contribution in [0.15, 0.2) is 47.5 Å². The Hall–Kier alpha value is -3.09. The first kappa shape index (κ1) is 16.4. The van der Waals surface area contributed by atoms with E-state index in [1.165, 1.54) is 21.9 Å². The molecule has 0 fully saturated rings. The van der Waals surface area contributed by atoms with Gasteiger partial charge in [-0.2, -0.15) is 0 Å². The molecule has 2 heterocycles. The van der Waals surface area contributed by atoms with Crippen LogP contribution in [0, 0.1) is 11.6 Å². The fraction of sp³-hybridized carbons (Fsp3) is 0.211. The van der Waals surface area contributed by atoms with Gasteiger partial charge in [0, 0.05) is 12.6 Å². The summed E-state index contributed by atoms with van der Waals surface area (Å²) in [6, 6.07) is 8.88. The smallest absolute Gasteiger partial charge is 0.261 e. The van der Waals surface area contributed by atoms with Gasteiger partial charge >= 0.3 is 0 Å². The van der Waals surface area contributed by atoms with Crippen molar-refractivity contribution in [2.75, 3.05) is 11.4 Å². The fourth-order valence-electron chi connectivity index (χ4n) is 3.35. The summed E-state index contributed by atoms with van der Waals surface area (Å²) in [5.74, 6) is -1.86. The summed E-state index contributed by atoms with van der Waals surface area (Å²) in [6.07, 6.45) is 2.42. The predicted molar refractivity (Wildman–Crippen MR) is 93.0 cm³/mol. The largest absolute Gasteiger partial charge is 0.308 e. The van der Waals surface area contributed by atoms with E-state index in [0.717, 1.165) is 6.07 Å². The van der Waals surface area contributed by atoms with E-state index in [0.29, 0.717) is 35.9 Å². The van der Waals surface area contributed by atoms with E-state index in [4.69, 9.17) is 0 Å². The number of nitrogens with zero attached hydrogens (tertiary/aromatic N) is 3. The van der Waals surface area contributed by atoms with Crippen molar-refractivity contribution in [2.45, 2.75) is 19.4 Å². The van der Waals surface area contributed by atoms with E-state index in [1.807, 2.05) is 0 Å². The summed E-state index contributed by atoms with van der Waals surface area (Å²) in [7, 11) is 0. The average molecular weight is 355 g/mol. The van der Waals surface area contributed by atoms with Crippen molar-refractivity contribution in [3.05, 3.63) is 70.3 Å². The van der Waals surface area contributed by atoms with Crippen molar-refractivity contribution in [1.29, 1.82) is 0 Å². The number of rotatable bonds is 2. The molecule has 0 spiro atoms. The molecule has 7 heteroatoms. The molecule has 0 radical (unpaired) electrons. The van der Waals surface area contributed by atoms with Gasteiger partial charge in [0.25, 0.3) is 5.56 Å². The number of carbonyl (C=O) groups is 1. The Morgan fingerprint density at radius 1 is 1.19 bits per heavy atom. The average Bonchev–Trinajstić information content (AvgIpc) is 2.63. The highest BCUT2D eigenvalue weighted by atomic mass is 19.1. The third-order valence-corrected chi connectivity index (χ3v) is 4.54. The minimum Gasteiger partial charge on any atom is -0.308 e. The second-order valence-corrected chi connectivity index (χ2v) is 6.24. The van der Waals surface area contributed by atoms with Crippen LogP contribution in [-0.2, 0) is 17.8 Å². The zero-order valence-corrected chi connectivity index (χ0v) is 13.8. The van der Waals surface area contributed by atoms with Gasteiger partial charge in [-0.1, -0.05) is 12.1 Å². The number of para-hydroxylation sites is 1. The van der Waals surface area contributed by atoms with Gasteiger partial charge in [0.1, 0.15) is 18.2 Å². The van der Waals surface area contributed by atoms with Gasteiger partial charge in [-0.05, 0) is 36.6 Å². The quantitative estimate of drug-likeness (QED) is 0.710. The molecule has 0 N–H and O–H groups in total. The molecule has 0 saturated heterocycles. The van der Waals surface area contributed by atoms with Crippen LogP contribution >= 0.6 is 0 Å². The van der Waals surface area contributed by atoms with Crippen LogP contribution in [0.4, 0.5) is 14.5 Å². The Kier molecular flexibility index (Phi) is 3.99. The van der Waals surface area contributed by atoms with E-state index in [-0.39, 0.29) is 17.8 Å². The molecule has 26 heavy (non-hydrogen) atoms. The Labute approximate surface area is 147 Å². The fourth-order valence-corrected chi connectivity index (χ4v) is 3.35. The summed E-state index contributed by atoms with van der Waals surface area (Å²) in [4.78, 5) is 30.7. The predicted octanol–water partition coefficient (Wildman–Crippen LogP) is 2.65. The number of amides is 1. The Bertz CT molecular complexity index is 1080. The van der Waals surface area contributed by atoms with Gasteiger partial charge in [0.15, 0.2) is 0 Å². The van der Waals surface area contributed by atoms with Crippen molar-refractivity contribution < 1.29 is 13.6 Å². The summed E-state index contributed by atoms with van der Waals surface area (Å²) >= 11 is 0. The molecule has 2 aromatic carbocycles. The number of carbonyl (C=O) groups excluding carboxylic acids is 1. The number of hydrogen-bond donors (Lipinski definition) is 0. The molecule has 4 rings (SSSR count). The molecule has 1 aromatic heterocycles. The van der Waals surface area contributed by atoms with Crippen LogP contribution in [0.25, 0.3) is 10.9 Å². The van der Waals surface area contributed by atoms with Crippen molar-refractivity contribution in [2.24, 2.45) is 0 Å². The lowest BCUT2D eigenvalue weighted by atomic mass is 10.0. The number of benzene rings is 2. The van der Waals surface area contributed by atoms with Crippen LogP contribution in [0.2, 0.25) is 0 Å². The maximum absolute atomic E-state index is 14.3. The van der Waals surface area contributed by atoms with E-state index >= 15 is 0 Å². The molecule has 1 aliphatic rings. The van der Waals surface area contributed by atoms with Crippen molar-refractivity contribution >= 4 is 22.5 Å². The Morgan fingerprint density at radius 2 is 2.00 bits per heavy atom. The molecule has 0 aliphatic carbocycles. The molecule has 1 amide bonds. The minimum atomic E-state index is -0.767. The van der Waals surface area contributed by atoms with Crippen LogP contribution in [0.5, 0.6) is 0 Å². The summed E-state index contributed by atoms with van der Waals surface area (Å²) in [6.45, 7) is 0.0665. The van der Waals surface area contributed by atoms with Gasteiger partial charge < -0.3 is 4.90 Å². The number of hydrogen-bond acceptors (Lipinski definition) is 3. The summed E-state index contributed by atoms with van der Waals surface area (Å²) in [5, 5.41) is 0.412. The first-order valence-electron chi connectivity index (χ1n) is 8.27. The van der Waals surface area contributed by atoms with Crippen LogP contribution in [-0.4, -0.2) is 22.0 Å². The SMILES string of the molecule is O=C(Cn1cnc2ccccc2c1=O)N1CCCc2cc(F)cc(F)c21. The second-order valence-electron chi connectivity index (χ2n) is 6.24. The van der Waals surface area contributed by atoms with Crippen molar-refractivity contribution in [1.82, 2.24) is 9.55 Å². The number of aromatic nitrogens is 2. The highest BCUT2D eigenvalue weighted by Gasteiger charge is 2.27. The highest BCUT2D eigenvalue weighted by molar-refractivity contribution is 5.94. The van der Waals surface area contributed by atoms with Gasteiger partial charge in [0.2, 0.25) is 5.91 Å². The van der Waals surface area contributed by atoms with Crippen LogP contribution in [0.1, 0.15) is 12.0 Å². The van der Waals surface area contributed by atoms with Gasteiger partial charge in [-0.3, -0.25) is 14.2 Å². The zero-order valence-electron chi connectivity index (χ0n) is 13.8. The van der Waals surface area contributed by atoms with Crippen molar-refractivity contribution in [3.63, 3.8) is 0 Å². The highest BCUT2D eigenvalue weighted by Crippen LogP contribution is 2.31. The first-order valence-corrected chi connectivity index (χ1v) is 8.27. The molecule has 132 valence electrons. The first-order chi connectivity index (χ1) is 12.5. The molecule has 0 atom stereocenters.